The SMILES string of the molecule is Nc1cccc(CCc2nncs2)c1. The highest BCUT2D eigenvalue weighted by Crippen LogP contribution is 2.11. The lowest BCUT2D eigenvalue weighted by atomic mass is 10.1. The number of nitrogens with zero attached hydrogens (tertiary/aromatic N) is 2. The Morgan fingerprint density at radius 2 is 2.21 bits per heavy atom. The molecule has 0 unspecified atom stereocenters. The Morgan fingerprint density at radius 3 is 2.93 bits per heavy atom. The van der Waals surface area contributed by atoms with Crippen molar-refractivity contribution in [2.24, 2.45) is 0 Å². The number of aryl methyl sites for hydroxylation is 2. The molecule has 2 N–H and O–H groups in total. The van der Waals surface area contributed by atoms with Gasteiger partial charge in [0.15, 0.2) is 0 Å². The third-order valence-corrected chi connectivity index (χ3v) is 2.74. The summed E-state index contributed by atoms with van der Waals surface area (Å²) in [7, 11) is 0. The second-order valence-electron chi connectivity index (χ2n) is 3.08. The lowest BCUT2D eigenvalue weighted by molar-refractivity contribution is 0.904. The summed E-state index contributed by atoms with van der Waals surface area (Å²) in [5.41, 5.74) is 9.51. The molecule has 0 spiro atoms. The Labute approximate surface area is 86.6 Å². The molecule has 3 nitrogen and oxygen atoms in total. The van der Waals surface area contributed by atoms with Crippen LogP contribution in [0.5, 0.6) is 0 Å². The van der Waals surface area contributed by atoms with Crippen molar-refractivity contribution in [3.63, 3.8) is 0 Å². The van der Waals surface area contributed by atoms with E-state index < -0.39 is 0 Å². The zero-order valence-electron chi connectivity index (χ0n) is 7.68. The van der Waals surface area contributed by atoms with Gasteiger partial charge in [0.05, 0.1) is 0 Å². The zero-order valence-corrected chi connectivity index (χ0v) is 8.50. The summed E-state index contributed by atoms with van der Waals surface area (Å²) in [6, 6.07) is 7.96. The third-order valence-electron chi connectivity index (χ3n) is 1.98. The molecule has 0 atom stereocenters. The Hall–Kier alpha value is -1.42. The average molecular weight is 205 g/mol. The molecule has 1 heterocycles. The van der Waals surface area contributed by atoms with E-state index in [0.29, 0.717) is 0 Å². The number of aromatic nitrogens is 2. The maximum absolute atomic E-state index is 5.68. The second-order valence-corrected chi connectivity index (χ2v) is 4.00. The highest BCUT2D eigenvalue weighted by Gasteiger charge is 1.98. The van der Waals surface area contributed by atoms with Gasteiger partial charge in [0.2, 0.25) is 0 Å². The Balaban J connectivity index is 1.98. The van der Waals surface area contributed by atoms with Gasteiger partial charge < -0.3 is 5.73 Å². The first-order chi connectivity index (χ1) is 6.84. The summed E-state index contributed by atoms with van der Waals surface area (Å²) in [5.74, 6) is 0. The molecule has 0 aliphatic rings. The number of nitrogen functional groups attached to an aromatic ring is 1. The van der Waals surface area contributed by atoms with Crippen LogP contribution in [0, 0.1) is 0 Å². The molecule has 2 aromatic rings. The summed E-state index contributed by atoms with van der Waals surface area (Å²) in [6.07, 6.45) is 1.91. The molecule has 72 valence electrons. The van der Waals surface area contributed by atoms with Gasteiger partial charge in [-0.15, -0.1) is 21.5 Å². The molecule has 0 bridgehead atoms. The van der Waals surface area contributed by atoms with E-state index in [1.807, 2.05) is 18.2 Å². The highest BCUT2D eigenvalue weighted by molar-refractivity contribution is 7.09. The summed E-state index contributed by atoms with van der Waals surface area (Å²) in [5, 5.41) is 8.86. The fraction of sp³-hybridized carbons (Fsp3) is 0.200. The van der Waals surface area contributed by atoms with Crippen molar-refractivity contribution in [2.45, 2.75) is 12.8 Å². The van der Waals surface area contributed by atoms with E-state index in [0.717, 1.165) is 23.5 Å². The average Bonchev–Trinajstić information content (AvgIpc) is 2.67. The van der Waals surface area contributed by atoms with Gasteiger partial charge in [0.25, 0.3) is 0 Å². The first kappa shape index (κ1) is 9.15. The molecule has 0 radical (unpaired) electrons. The highest BCUT2D eigenvalue weighted by atomic mass is 32.1. The molecule has 14 heavy (non-hydrogen) atoms. The van der Waals surface area contributed by atoms with Gasteiger partial charge in [-0.05, 0) is 24.1 Å². The first-order valence-electron chi connectivity index (χ1n) is 4.44. The molecule has 0 amide bonds. The van der Waals surface area contributed by atoms with Gasteiger partial charge in [-0.25, -0.2) is 0 Å². The van der Waals surface area contributed by atoms with Crippen molar-refractivity contribution in [2.75, 3.05) is 5.73 Å². The van der Waals surface area contributed by atoms with Gasteiger partial charge >= 0.3 is 0 Å². The van der Waals surface area contributed by atoms with Gasteiger partial charge in [-0.1, -0.05) is 12.1 Å². The van der Waals surface area contributed by atoms with Gasteiger partial charge in [0, 0.05) is 12.1 Å². The minimum Gasteiger partial charge on any atom is -0.399 e. The number of benzene rings is 1. The van der Waals surface area contributed by atoms with Crippen LogP contribution in [-0.2, 0) is 12.8 Å². The Kier molecular flexibility index (Phi) is 2.74. The fourth-order valence-corrected chi connectivity index (χ4v) is 1.83. The van der Waals surface area contributed by atoms with E-state index >= 15 is 0 Å². The molecule has 2 rings (SSSR count). The molecule has 0 aliphatic carbocycles. The molecule has 0 aliphatic heterocycles. The van der Waals surface area contributed by atoms with Crippen LogP contribution in [0.15, 0.2) is 29.8 Å². The smallest absolute Gasteiger partial charge is 0.117 e. The molecule has 1 aromatic heterocycles. The van der Waals surface area contributed by atoms with Gasteiger partial charge in [0.1, 0.15) is 10.5 Å². The predicted molar refractivity (Wildman–Crippen MR) is 58.2 cm³/mol. The number of hydrogen-bond donors (Lipinski definition) is 1. The van der Waals surface area contributed by atoms with Gasteiger partial charge in [-0.2, -0.15) is 0 Å². The quantitative estimate of drug-likeness (QED) is 0.779. The largest absolute Gasteiger partial charge is 0.399 e. The van der Waals surface area contributed by atoms with Crippen LogP contribution in [-0.4, -0.2) is 10.2 Å². The van der Waals surface area contributed by atoms with Crippen molar-refractivity contribution < 1.29 is 0 Å². The maximum Gasteiger partial charge on any atom is 0.117 e. The maximum atomic E-state index is 5.68. The van der Waals surface area contributed by atoms with Crippen LogP contribution in [0.3, 0.4) is 0 Å². The lowest BCUT2D eigenvalue weighted by Gasteiger charge is -1.99. The lowest BCUT2D eigenvalue weighted by Crippen LogP contribution is -1.92. The summed E-state index contributed by atoms with van der Waals surface area (Å²) < 4.78 is 0. The number of rotatable bonds is 3. The van der Waals surface area contributed by atoms with E-state index in [2.05, 4.69) is 16.3 Å². The molecule has 4 heteroatoms. The summed E-state index contributed by atoms with van der Waals surface area (Å²) in [6.45, 7) is 0. The minimum atomic E-state index is 0.819. The van der Waals surface area contributed by atoms with E-state index in [-0.39, 0.29) is 0 Å². The molecular formula is C10H11N3S. The van der Waals surface area contributed by atoms with Crippen molar-refractivity contribution in [1.82, 2.24) is 10.2 Å². The zero-order chi connectivity index (χ0) is 9.80. The predicted octanol–water partition coefficient (Wildman–Crippen LogP) is 1.91. The summed E-state index contributed by atoms with van der Waals surface area (Å²) >= 11 is 1.59. The fourth-order valence-electron chi connectivity index (χ4n) is 1.30. The van der Waals surface area contributed by atoms with Crippen LogP contribution in [0.4, 0.5) is 5.69 Å². The molecular weight excluding hydrogens is 194 g/mol. The van der Waals surface area contributed by atoms with Crippen molar-refractivity contribution in [3.05, 3.63) is 40.3 Å². The standard InChI is InChI=1S/C10H11N3S/c11-9-3-1-2-8(6-9)4-5-10-13-12-7-14-10/h1-3,6-7H,4-5,11H2. The Morgan fingerprint density at radius 1 is 1.29 bits per heavy atom. The van der Waals surface area contributed by atoms with Crippen LogP contribution < -0.4 is 5.73 Å². The van der Waals surface area contributed by atoms with E-state index in [1.165, 1.54) is 5.56 Å². The first-order valence-corrected chi connectivity index (χ1v) is 5.32. The van der Waals surface area contributed by atoms with Crippen molar-refractivity contribution in [1.29, 1.82) is 0 Å². The van der Waals surface area contributed by atoms with E-state index in [1.54, 1.807) is 16.8 Å². The van der Waals surface area contributed by atoms with Crippen LogP contribution in [0.1, 0.15) is 10.6 Å². The molecule has 0 saturated carbocycles. The Bertz CT molecular complexity index is 398. The summed E-state index contributed by atoms with van der Waals surface area (Å²) in [4.78, 5) is 0. The van der Waals surface area contributed by atoms with E-state index in [9.17, 15) is 0 Å². The van der Waals surface area contributed by atoms with Crippen molar-refractivity contribution >= 4 is 17.0 Å². The number of hydrogen-bond acceptors (Lipinski definition) is 4. The monoisotopic (exact) mass is 205 g/mol. The van der Waals surface area contributed by atoms with Crippen LogP contribution in [0.25, 0.3) is 0 Å². The number of anilines is 1. The molecule has 1 aromatic carbocycles. The molecule has 0 saturated heterocycles. The van der Waals surface area contributed by atoms with Crippen molar-refractivity contribution in [3.8, 4) is 0 Å². The topological polar surface area (TPSA) is 51.8 Å². The normalized spacial score (nSPS) is 10.3. The number of nitrogens with two attached hydrogens (primary N) is 1. The molecule has 0 fully saturated rings. The van der Waals surface area contributed by atoms with Crippen LogP contribution in [0.2, 0.25) is 0 Å². The third kappa shape index (κ3) is 2.29. The van der Waals surface area contributed by atoms with E-state index in [4.69, 9.17) is 5.73 Å². The minimum absolute atomic E-state index is 0.819. The van der Waals surface area contributed by atoms with Gasteiger partial charge in [-0.3, -0.25) is 0 Å². The van der Waals surface area contributed by atoms with Crippen LogP contribution >= 0.6 is 11.3 Å². The second kappa shape index (κ2) is 4.19.